The van der Waals surface area contributed by atoms with Crippen molar-refractivity contribution in [3.63, 3.8) is 0 Å². The third-order valence-electron chi connectivity index (χ3n) is 2.69. The molecule has 0 unspecified atom stereocenters. The Kier molecular flexibility index (Phi) is 4.26. The van der Waals surface area contributed by atoms with Crippen LogP contribution in [0, 0.1) is 11.2 Å². The van der Waals surface area contributed by atoms with E-state index < -0.39 is 29.2 Å². The molecule has 1 amide bonds. The molecule has 6 heteroatoms. The zero-order valence-corrected chi connectivity index (χ0v) is 11.0. The van der Waals surface area contributed by atoms with Crippen molar-refractivity contribution in [3.05, 3.63) is 29.6 Å². The van der Waals surface area contributed by atoms with Crippen LogP contribution < -0.4 is 11.1 Å². The first kappa shape index (κ1) is 15.1. The van der Waals surface area contributed by atoms with Crippen LogP contribution in [0.15, 0.2) is 18.2 Å². The number of carbonyl (C=O) groups is 2. The van der Waals surface area contributed by atoms with Gasteiger partial charge in [0, 0.05) is 0 Å². The van der Waals surface area contributed by atoms with Crippen molar-refractivity contribution in [2.45, 2.75) is 26.8 Å². The quantitative estimate of drug-likeness (QED) is 0.779. The van der Waals surface area contributed by atoms with E-state index in [9.17, 15) is 14.0 Å². The van der Waals surface area contributed by atoms with Crippen LogP contribution in [0.25, 0.3) is 0 Å². The van der Waals surface area contributed by atoms with E-state index in [4.69, 9.17) is 10.8 Å². The number of carboxylic acids is 1. The van der Waals surface area contributed by atoms with Crippen molar-refractivity contribution in [3.8, 4) is 0 Å². The van der Waals surface area contributed by atoms with Gasteiger partial charge in [-0.25, -0.2) is 9.18 Å². The lowest BCUT2D eigenvalue weighted by atomic mass is 9.87. The highest BCUT2D eigenvalue weighted by Crippen LogP contribution is 2.21. The van der Waals surface area contributed by atoms with Gasteiger partial charge >= 0.3 is 5.97 Å². The molecule has 0 aliphatic heterocycles. The van der Waals surface area contributed by atoms with Crippen LogP contribution in [-0.2, 0) is 4.79 Å². The van der Waals surface area contributed by atoms with Gasteiger partial charge in [-0.15, -0.1) is 0 Å². The normalized spacial score (nSPS) is 12.9. The number of anilines is 1. The van der Waals surface area contributed by atoms with Crippen molar-refractivity contribution in [1.29, 1.82) is 0 Å². The van der Waals surface area contributed by atoms with E-state index in [1.54, 1.807) is 20.8 Å². The number of rotatable bonds is 3. The maximum absolute atomic E-state index is 13.0. The van der Waals surface area contributed by atoms with Gasteiger partial charge in [-0.05, 0) is 23.6 Å². The molecule has 0 fully saturated rings. The average Bonchev–Trinajstić information content (AvgIpc) is 2.28. The van der Waals surface area contributed by atoms with Crippen molar-refractivity contribution < 1.29 is 19.1 Å². The summed E-state index contributed by atoms with van der Waals surface area (Å²) in [5, 5.41) is 11.4. The van der Waals surface area contributed by atoms with Crippen LogP contribution in [-0.4, -0.2) is 23.0 Å². The molecule has 0 heterocycles. The van der Waals surface area contributed by atoms with E-state index in [-0.39, 0.29) is 11.3 Å². The Balaban J connectivity index is 3.00. The minimum absolute atomic E-state index is 0.0265. The number of aromatic carboxylic acids is 1. The minimum Gasteiger partial charge on any atom is -0.478 e. The van der Waals surface area contributed by atoms with Crippen molar-refractivity contribution in [2.24, 2.45) is 11.1 Å². The fourth-order valence-electron chi connectivity index (χ4n) is 1.41. The van der Waals surface area contributed by atoms with Gasteiger partial charge in [-0.2, -0.15) is 0 Å². The summed E-state index contributed by atoms with van der Waals surface area (Å²) in [6.07, 6.45) is 0. The molecule has 1 aromatic rings. The molecule has 0 aromatic heterocycles. The SMILES string of the molecule is CC(C)(C)[C@@H](N)C(=O)Nc1ccc(F)cc1C(=O)O. The molecule has 4 N–H and O–H groups in total. The zero-order valence-electron chi connectivity index (χ0n) is 11.0. The fourth-order valence-corrected chi connectivity index (χ4v) is 1.41. The van der Waals surface area contributed by atoms with E-state index in [0.717, 1.165) is 12.1 Å². The first-order chi connectivity index (χ1) is 8.62. The number of carboxylic acid groups (broad SMARTS) is 1. The van der Waals surface area contributed by atoms with E-state index in [2.05, 4.69) is 5.32 Å². The predicted octanol–water partition coefficient (Wildman–Crippen LogP) is 1.84. The number of halogens is 1. The zero-order chi connectivity index (χ0) is 14.8. The number of hydrogen-bond donors (Lipinski definition) is 3. The standard InChI is InChI=1S/C13H17FN2O3/c1-13(2,3)10(15)11(17)16-9-5-4-7(14)6-8(9)12(18)19/h4-6,10H,15H2,1-3H3,(H,16,17)(H,18,19)/t10-/m0/s1. The second kappa shape index (κ2) is 5.36. The van der Waals surface area contributed by atoms with Gasteiger partial charge in [0.05, 0.1) is 17.3 Å². The largest absolute Gasteiger partial charge is 0.478 e. The lowest BCUT2D eigenvalue weighted by molar-refractivity contribution is -0.119. The van der Waals surface area contributed by atoms with E-state index >= 15 is 0 Å². The highest BCUT2D eigenvalue weighted by Gasteiger charge is 2.28. The lowest BCUT2D eigenvalue weighted by Crippen LogP contribution is -2.45. The highest BCUT2D eigenvalue weighted by atomic mass is 19.1. The van der Waals surface area contributed by atoms with Gasteiger partial charge in [0.1, 0.15) is 5.82 Å². The molecule has 1 aromatic carbocycles. The second-order valence-corrected chi connectivity index (χ2v) is 5.33. The van der Waals surface area contributed by atoms with Gasteiger partial charge < -0.3 is 16.2 Å². The Morgan fingerprint density at radius 3 is 2.42 bits per heavy atom. The summed E-state index contributed by atoms with van der Waals surface area (Å²) in [5.41, 5.74) is 5.02. The highest BCUT2D eigenvalue weighted by molar-refractivity contribution is 6.02. The fraction of sp³-hybridized carbons (Fsp3) is 0.385. The number of nitrogens with one attached hydrogen (secondary N) is 1. The summed E-state index contributed by atoms with van der Waals surface area (Å²) in [4.78, 5) is 22.9. The molecular weight excluding hydrogens is 251 g/mol. The summed E-state index contributed by atoms with van der Waals surface area (Å²) in [6.45, 7) is 5.38. The van der Waals surface area contributed by atoms with Crippen LogP contribution in [0.5, 0.6) is 0 Å². The predicted molar refractivity (Wildman–Crippen MR) is 69.4 cm³/mol. The van der Waals surface area contributed by atoms with Crippen molar-refractivity contribution in [2.75, 3.05) is 5.32 Å². The smallest absolute Gasteiger partial charge is 0.337 e. The molecule has 104 valence electrons. The Morgan fingerprint density at radius 2 is 1.95 bits per heavy atom. The summed E-state index contributed by atoms with van der Waals surface area (Å²) in [6, 6.07) is 2.32. The summed E-state index contributed by atoms with van der Waals surface area (Å²) in [5.74, 6) is -2.52. The minimum atomic E-state index is -1.32. The first-order valence-corrected chi connectivity index (χ1v) is 5.72. The molecular formula is C13H17FN2O3. The second-order valence-electron chi connectivity index (χ2n) is 5.33. The van der Waals surface area contributed by atoms with Crippen molar-refractivity contribution >= 4 is 17.6 Å². The Bertz CT molecular complexity index is 509. The third kappa shape index (κ3) is 3.75. The first-order valence-electron chi connectivity index (χ1n) is 5.72. The molecule has 0 aliphatic rings. The summed E-state index contributed by atoms with van der Waals surface area (Å²) >= 11 is 0. The van der Waals surface area contributed by atoms with Gasteiger partial charge in [-0.1, -0.05) is 20.8 Å². The van der Waals surface area contributed by atoms with E-state index in [0.29, 0.717) is 0 Å². The molecule has 1 rings (SSSR count). The molecule has 0 radical (unpaired) electrons. The summed E-state index contributed by atoms with van der Waals surface area (Å²) in [7, 11) is 0. The monoisotopic (exact) mass is 268 g/mol. The Hall–Kier alpha value is -1.95. The van der Waals surface area contributed by atoms with Crippen LogP contribution in [0.2, 0.25) is 0 Å². The molecule has 0 bridgehead atoms. The molecule has 0 aliphatic carbocycles. The van der Waals surface area contributed by atoms with Crippen LogP contribution in [0.4, 0.5) is 10.1 Å². The lowest BCUT2D eigenvalue weighted by Gasteiger charge is -2.26. The molecule has 0 spiro atoms. The number of amides is 1. The number of hydrogen-bond acceptors (Lipinski definition) is 3. The number of nitrogens with two attached hydrogens (primary N) is 1. The van der Waals surface area contributed by atoms with Gasteiger partial charge in [0.2, 0.25) is 5.91 Å². The topological polar surface area (TPSA) is 92.4 Å². The van der Waals surface area contributed by atoms with Crippen LogP contribution >= 0.6 is 0 Å². The van der Waals surface area contributed by atoms with E-state index in [1.807, 2.05) is 0 Å². The molecule has 1 atom stereocenters. The van der Waals surface area contributed by atoms with Crippen LogP contribution in [0.3, 0.4) is 0 Å². The van der Waals surface area contributed by atoms with Crippen molar-refractivity contribution in [1.82, 2.24) is 0 Å². The summed E-state index contributed by atoms with van der Waals surface area (Å²) < 4.78 is 13.0. The maximum Gasteiger partial charge on any atom is 0.337 e. The Morgan fingerprint density at radius 1 is 1.37 bits per heavy atom. The third-order valence-corrected chi connectivity index (χ3v) is 2.69. The van der Waals surface area contributed by atoms with Gasteiger partial charge in [0.25, 0.3) is 0 Å². The maximum atomic E-state index is 13.0. The Labute approximate surface area is 110 Å². The van der Waals surface area contributed by atoms with Gasteiger partial charge in [-0.3, -0.25) is 4.79 Å². The van der Waals surface area contributed by atoms with Gasteiger partial charge in [0.15, 0.2) is 0 Å². The molecule has 0 saturated heterocycles. The van der Waals surface area contributed by atoms with Crippen LogP contribution in [0.1, 0.15) is 31.1 Å². The number of benzene rings is 1. The number of carbonyl (C=O) groups excluding carboxylic acids is 1. The molecule has 19 heavy (non-hydrogen) atoms. The molecule has 0 saturated carbocycles. The molecule has 5 nitrogen and oxygen atoms in total. The average molecular weight is 268 g/mol. The van der Waals surface area contributed by atoms with E-state index in [1.165, 1.54) is 6.07 Å².